The van der Waals surface area contributed by atoms with Gasteiger partial charge in [-0.05, 0) is 173 Å². The first-order valence-electron chi connectivity index (χ1n) is 27.8. The summed E-state index contributed by atoms with van der Waals surface area (Å²) in [6.45, 7) is 0. The minimum Gasteiger partial charge on any atom is -0.262 e. The van der Waals surface area contributed by atoms with E-state index in [1.54, 1.807) is 45.3 Å². The average molecular weight is 1150 g/mol. The van der Waals surface area contributed by atoms with Gasteiger partial charge >= 0.3 is 0 Å². The molecule has 0 atom stereocenters. The Morgan fingerprint density at radius 2 is 0.524 bits per heavy atom. The van der Waals surface area contributed by atoms with E-state index in [4.69, 9.17) is 19.9 Å². The quantitative estimate of drug-likeness (QED) is 0.127. The number of benzene rings is 13. The molecule has 0 saturated carbocycles. The molecule has 0 saturated heterocycles. The second-order valence-electron chi connectivity index (χ2n) is 21.0. The van der Waals surface area contributed by atoms with E-state index in [0.29, 0.717) is 0 Å². The number of aromatic nitrogens is 4. The standard InChI is InChI=1S/C74H44N6S4/c1-3-15-51-41-53(35-29-45(51)13-1)47-25-31-49(32-26-47)69-57-39-37-55(79(71-75-61-17-5-9-21-65(61)81-71)72-76-62-18-6-10-22-66(62)82-72)43-59(57)60-44-56(80(73-77-63-19-7-11-23-67(63)83-73)74-78-64-20-8-12-24-68(64)84-74)38-40-58(60)70(69)50-33-27-48(28-34-50)54-36-30-46-14-2-4-16-52(46)42-54/h1-44H. The minimum atomic E-state index is 0.852. The first-order valence-corrected chi connectivity index (χ1v) is 31.1. The minimum absolute atomic E-state index is 0.852. The van der Waals surface area contributed by atoms with Crippen molar-refractivity contribution in [2.75, 3.05) is 9.80 Å². The van der Waals surface area contributed by atoms with E-state index in [1.807, 2.05) is 0 Å². The number of hydrogen-bond donors (Lipinski definition) is 0. The highest BCUT2D eigenvalue weighted by molar-refractivity contribution is 7.25. The summed E-state index contributed by atoms with van der Waals surface area (Å²) >= 11 is 6.73. The topological polar surface area (TPSA) is 58.0 Å². The number of thiazole rings is 4. The van der Waals surface area contributed by atoms with Crippen LogP contribution in [0, 0.1) is 0 Å². The number of rotatable bonds is 10. The zero-order valence-corrected chi connectivity index (χ0v) is 48.0. The van der Waals surface area contributed by atoms with Gasteiger partial charge in [-0.1, -0.05) is 227 Å². The van der Waals surface area contributed by atoms with Gasteiger partial charge in [0.15, 0.2) is 20.5 Å². The van der Waals surface area contributed by atoms with Crippen LogP contribution in [0.15, 0.2) is 267 Å². The van der Waals surface area contributed by atoms with E-state index >= 15 is 0 Å². The van der Waals surface area contributed by atoms with Crippen molar-refractivity contribution in [2.24, 2.45) is 0 Å². The lowest BCUT2D eigenvalue weighted by molar-refractivity contribution is 1.23. The number of hydrogen-bond acceptors (Lipinski definition) is 10. The zero-order chi connectivity index (χ0) is 55.2. The summed E-state index contributed by atoms with van der Waals surface area (Å²) in [5, 5.41) is 12.7. The average Bonchev–Trinajstić information content (AvgIpc) is 1.23. The van der Waals surface area contributed by atoms with Crippen LogP contribution < -0.4 is 9.80 Å². The van der Waals surface area contributed by atoms with Crippen LogP contribution in [0.3, 0.4) is 0 Å². The Morgan fingerprint density at radius 3 is 0.869 bits per heavy atom. The molecule has 6 nitrogen and oxygen atoms in total. The molecule has 17 rings (SSSR count). The highest BCUT2D eigenvalue weighted by Gasteiger charge is 2.27. The van der Waals surface area contributed by atoms with Crippen molar-refractivity contribution in [1.29, 1.82) is 0 Å². The molecule has 0 bridgehead atoms. The van der Waals surface area contributed by atoms with E-state index in [9.17, 15) is 0 Å². The Kier molecular flexibility index (Phi) is 11.5. The van der Waals surface area contributed by atoms with E-state index in [-0.39, 0.29) is 0 Å². The first-order chi connectivity index (χ1) is 41.6. The second-order valence-corrected chi connectivity index (χ2v) is 25.1. The molecule has 0 aliphatic heterocycles. The lowest BCUT2D eigenvalue weighted by Crippen LogP contribution is -2.10. The van der Waals surface area contributed by atoms with Gasteiger partial charge in [-0.15, -0.1) is 0 Å². The summed E-state index contributed by atoms with van der Waals surface area (Å²) in [5.74, 6) is 0. The summed E-state index contributed by atoms with van der Waals surface area (Å²) in [4.78, 5) is 25.8. The molecular weight excluding hydrogens is 1100 g/mol. The lowest BCUT2D eigenvalue weighted by Gasteiger charge is -2.24. The van der Waals surface area contributed by atoms with Gasteiger partial charge in [0.25, 0.3) is 0 Å². The number of nitrogens with zero attached hydrogens (tertiary/aromatic N) is 6. The largest absolute Gasteiger partial charge is 0.262 e. The third-order valence-corrected chi connectivity index (χ3v) is 20.1. The molecule has 0 aliphatic carbocycles. The van der Waals surface area contributed by atoms with E-state index in [1.165, 1.54) is 32.7 Å². The van der Waals surface area contributed by atoms with Crippen LogP contribution in [0.4, 0.5) is 31.9 Å². The SMILES string of the molecule is c1ccc2cc(-c3ccc(-c4c(-c5ccc(-c6ccc7ccccc7c6)cc5)c5ccc(N(c6nc7ccccc7s6)c6nc7ccccc7s6)cc5c5cc(N(c6nc7ccccc7s6)c6nc7ccccc7s6)ccc45)cc3)ccc2c1. The molecular formula is C74H44N6S4. The molecule has 13 aromatic carbocycles. The monoisotopic (exact) mass is 1140 g/mol. The molecule has 0 N–H and O–H groups in total. The van der Waals surface area contributed by atoms with Crippen LogP contribution in [-0.4, -0.2) is 19.9 Å². The van der Waals surface area contributed by atoms with E-state index in [2.05, 4.69) is 277 Å². The summed E-state index contributed by atoms with van der Waals surface area (Å²) in [6.07, 6.45) is 0. The summed E-state index contributed by atoms with van der Waals surface area (Å²) in [6, 6.07) is 96.6. The Morgan fingerprint density at radius 1 is 0.226 bits per heavy atom. The van der Waals surface area contributed by atoms with Crippen molar-refractivity contribution in [3.8, 4) is 44.5 Å². The molecule has 394 valence electrons. The van der Waals surface area contributed by atoms with Gasteiger partial charge < -0.3 is 0 Å². The van der Waals surface area contributed by atoms with Gasteiger partial charge in [-0.25, -0.2) is 19.9 Å². The molecule has 0 spiro atoms. The van der Waals surface area contributed by atoms with Gasteiger partial charge in [0, 0.05) is 0 Å². The Hall–Kier alpha value is -9.94. The molecule has 84 heavy (non-hydrogen) atoms. The number of para-hydroxylation sites is 4. The predicted octanol–water partition coefficient (Wildman–Crippen LogP) is 22.3. The van der Waals surface area contributed by atoms with Crippen LogP contribution in [-0.2, 0) is 0 Å². The predicted molar refractivity (Wildman–Crippen MR) is 360 cm³/mol. The van der Waals surface area contributed by atoms with Gasteiger partial charge in [0.05, 0.1) is 52.2 Å². The molecule has 10 heteroatoms. The fraction of sp³-hybridized carbons (Fsp3) is 0. The second kappa shape index (κ2) is 19.9. The van der Waals surface area contributed by atoms with Gasteiger partial charge in [0.1, 0.15) is 0 Å². The summed E-state index contributed by atoms with van der Waals surface area (Å²) < 4.78 is 4.46. The maximum absolute atomic E-state index is 5.32. The summed E-state index contributed by atoms with van der Waals surface area (Å²) in [7, 11) is 0. The van der Waals surface area contributed by atoms with Crippen LogP contribution in [0.25, 0.3) is 128 Å². The molecule has 0 radical (unpaired) electrons. The molecule has 17 aromatic rings. The smallest absolute Gasteiger partial charge is 0.197 e. The third kappa shape index (κ3) is 8.41. The van der Waals surface area contributed by atoms with Crippen molar-refractivity contribution in [3.63, 3.8) is 0 Å². The van der Waals surface area contributed by atoms with Crippen molar-refractivity contribution in [3.05, 3.63) is 267 Å². The molecule has 0 aliphatic rings. The highest BCUT2D eigenvalue weighted by atomic mass is 32.1. The maximum Gasteiger partial charge on any atom is 0.197 e. The van der Waals surface area contributed by atoms with E-state index in [0.717, 1.165) is 128 Å². The molecule has 0 unspecified atom stereocenters. The van der Waals surface area contributed by atoms with Crippen LogP contribution in [0.2, 0.25) is 0 Å². The highest BCUT2D eigenvalue weighted by Crippen LogP contribution is 2.51. The number of fused-ring (bicyclic) bond motifs is 9. The fourth-order valence-electron chi connectivity index (χ4n) is 11.9. The van der Waals surface area contributed by atoms with E-state index < -0.39 is 0 Å². The normalized spacial score (nSPS) is 11.8. The lowest BCUT2D eigenvalue weighted by atomic mass is 9.84. The third-order valence-electron chi connectivity index (χ3n) is 16.0. The van der Waals surface area contributed by atoms with Gasteiger partial charge in [0.2, 0.25) is 0 Å². The van der Waals surface area contributed by atoms with Gasteiger partial charge in [-0.3, -0.25) is 9.80 Å². The Labute approximate surface area is 498 Å². The van der Waals surface area contributed by atoms with Crippen molar-refractivity contribution < 1.29 is 0 Å². The van der Waals surface area contributed by atoms with Crippen LogP contribution >= 0.6 is 45.3 Å². The van der Waals surface area contributed by atoms with Crippen LogP contribution in [0.1, 0.15) is 0 Å². The maximum atomic E-state index is 5.32. The summed E-state index contributed by atoms with van der Waals surface area (Å²) in [5.41, 5.74) is 15.0. The number of anilines is 6. The first kappa shape index (κ1) is 48.7. The van der Waals surface area contributed by atoms with Crippen LogP contribution in [0.5, 0.6) is 0 Å². The molecule has 0 amide bonds. The molecule has 0 fully saturated rings. The van der Waals surface area contributed by atoms with Gasteiger partial charge in [-0.2, -0.15) is 0 Å². The van der Waals surface area contributed by atoms with Crippen molar-refractivity contribution in [1.82, 2.24) is 19.9 Å². The fourth-order valence-corrected chi connectivity index (χ4v) is 16.0. The Balaban J connectivity index is 0.939. The van der Waals surface area contributed by atoms with Crippen molar-refractivity contribution in [2.45, 2.75) is 0 Å². The molecule has 4 heterocycles. The zero-order valence-electron chi connectivity index (χ0n) is 44.7. The van der Waals surface area contributed by atoms with Crippen molar-refractivity contribution >= 4 is 161 Å². The molecule has 4 aromatic heterocycles. The Bertz CT molecular complexity index is 4810.